The van der Waals surface area contributed by atoms with Crippen molar-refractivity contribution in [3.05, 3.63) is 71.5 Å². The van der Waals surface area contributed by atoms with Crippen molar-refractivity contribution in [1.82, 2.24) is 9.97 Å². The van der Waals surface area contributed by atoms with Gasteiger partial charge in [0, 0.05) is 28.2 Å². The number of ether oxygens (including phenoxy) is 1. The van der Waals surface area contributed by atoms with E-state index in [0.29, 0.717) is 11.9 Å². The molecule has 0 saturated carbocycles. The van der Waals surface area contributed by atoms with E-state index in [1.54, 1.807) is 13.8 Å². The monoisotopic (exact) mass is 508 g/mol. The van der Waals surface area contributed by atoms with E-state index in [4.69, 9.17) is 4.74 Å². The van der Waals surface area contributed by atoms with Crippen LogP contribution >= 0.6 is 0 Å². The number of halogens is 6. The van der Waals surface area contributed by atoms with Gasteiger partial charge in [0.15, 0.2) is 0 Å². The number of carbonyl (C=O) groups is 1. The normalized spacial score (nSPS) is 12.4. The summed E-state index contributed by atoms with van der Waals surface area (Å²) < 4.78 is 87.1. The molecule has 188 valence electrons. The third-order valence-corrected chi connectivity index (χ3v) is 5.34. The first-order chi connectivity index (χ1) is 16.8. The second-order valence-electron chi connectivity index (χ2n) is 8.21. The van der Waals surface area contributed by atoms with E-state index in [9.17, 15) is 36.2 Å². The van der Waals surface area contributed by atoms with Crippen LogP contribution in [0.3, 0.4) is 0 Å². The molecule has 0 aliphatic rings. The van der Waals surface area contributed by atoms with Crippen molar-refractivity contribution in [3.8, 4) is 28.1 Å². The number of aromatic nitrogens is 2. The minimum absolute atomic E-state index is 0.0198. The molecule has 0 saturated heterocycles. The topological polar surface area (TPSA) is 75.2 Å². The highest BCUT2D eigenvalue weighted by Crippen LogP contribution is 2.46. The molecular formula is C25H18F6N2O3. The predicted octanol–water partition coefficient (Wildman–Crippen LogP) is 7.42. The van der Waals surface area contributed by atoms with Crippen molar-refractivity contribution in [2.45, 2.75) is 32.3 Å². The number of alkyl halides is 6. The van der Waals surface area contributed by atoms with Crippen LogP contribution in [0.15, 0.2) is 54.7 Å². The van der Waals surface area contributed by atoms with Crippen LogP contribution in [-0.2, 0) is 12.4 Å². The molecule has 0 unspecified atom stereocenters. The molecule has 2 aromatic heterocycles. The van der Waals surface area contributed by atoms with E-state index >= 15 is 0 Å². The molecule has 0 amide bonds. The summed E-state index contributed by atoms with van der Waals surface area (Å²) in [5, 5.41) is 9.00. The van der Waals surface area contributed by atoms with Gasteiger partial charge in [-0.05, 0) is 49.7 Å². The third kappa shape index (κ3) is 4.73. The number of nitrogens with one attached hydrogen (secondary N) is 1. The van der Waals surface area contributed by atoms with Crippen molar-refractivity contribution in [3.63, 3.8) is 0 Å². The lowest BCUT2D eigenvalue weighted by Crippen LogP contribution is -2.12. The summed E-state index contributed by atoms with van der Waals surface area (Å²) in [7, 11) is 0. The van der Waals surface area contributed by atoms with Gasteiger partial charge >= 0.3 is 18.3 Å². The van der Waals surface area contributed by atoms with Crippen LogP contribution in [0.5, 0.6) is 5.75 Å². The first-order valence-corrected chi connectivity index (χ1v) is 10.6. The molecule has 36 heavy (non-hydrogen) atoms. The van der Waals surface area contributed by atoms with Crippen LogP contribution in [-0.4, -0.2) is 27.1 Å². The second kappa shape index (κ2) is 8.89. The second-order valence-corrected chi connectivity index (χ2v) is 8.21. The van der Waals surface area contributed by atoms with E-state index in [-0.39, 0.29) is 34.0 Å². The summed E-state index contributed by atoms with van der Waals surface area (Å²) in [6.07, 6.45) is -9.27. The number of hydrogen-bond donors (Lipinski definition) is 2. The van der Waals surface area contributed by atoms with E-state index in [0.717, 1.165) is 12.1 Å². The Hall–Kier alpha value is -4.02. The van der Waals surface area contributed by atoms with Gasteiger partial charge in [-0.3, -0.25) is 4.98 Å². The number of fused-ring (bicyclic) bond motifs is 1. The number of aromatic carboxylic acids is 1. The highest BCUT2D eigenvalue weighted by Gasteiger charge is 2.40. The maximum atomic E-state index is 14.1. The molecular weight excluding hydrogens is 490 g/mol. The lowest BCUT2D eigenvalue weighted by Gasteiger charge is -2.16. The lowest BCUT2D eigenvalue weighted by atomic mass is 9.91. The molecule has 0 radical (unpaired) electrons. The fourth-order valence-corrected chi connectivity index (χ4v) is 3.94. The summed E-state index contributed by atoms with van der Waals surface area (Å²) in [6.45, 7) is 3.59. The van der Waals surface area contributed by atoms with Gasteiger partial charge in [0.05, 0.1) is 22.9 Å². The predicted molar refractivity (Wildman–Crippen MR) is 120 cm³/mol. The van der Waals surface area contributed by atoms with Crippen LogP contribution < -0.4 is 4.74 Å². The Bertz CT molecular complexity index is 1420. The van der Waals surface area contributed by atoms with Gasteiger partial charge in [-0.15, -0.1) is 0 Å². The molecule has 11 heteroatoms. The van der Waals surface area contributed by atoms with E-state index < -0.39 is 40.5 Å². The van der Waals surface area contributed by atoms with Crippen molar-refractivity contribution in [1.29, 1.82) is 0 Å². The van der Waals surface area contributed by atoms with Crippen LogP contribution in [0.1, 0.15) is 35.5 Å². The summed E-state index contributed by atoms with van der Waals surface area (Å²) in [4.78, 5) is 17.8. The van der Waals surface area contributed by atoms with E-state index in [2.05, 4.69) is 9.97 Å². The zero-order valence-corrected chi connectivity index (χ0v) is 18.8. The van der Waals surface area contributed by atoms with Crippen molar-refractivity contribution in [2.75, 3.05) is 0 Å². The van der Waals surface area contributed by atoms with E-state index in [1.807, 2.05) is 0 Å². The zero-order chi connectivity index (χ0) is 26.4. The summed E-state index contributed by atoms with van der Waals surface area (Å²) in [6, 6.07) is 10.5. The fourth-order valence-electron chi connectivity index (χ4n) is 3.94. The number of rotatable bonds is 5. The molecule has 0 spiro atoms. The van der Waals surface area contributed by atoms with Crippen molar-refractivity contribution in [2.24, 2.45) is 0 Å². The van der Waals surface area contributed by atoms with Gasteiger partial charge in [0.1, 0.15) is 11.4 Å². The maximum absolute atomic E-state index is 14.1. The molecule has 4 aromatic rings. The molecule has 5 nitrogen and oxygen atoms in total. The Kier molecular flexibility index (Phi) is 6.19. The number of hydrogen-bond acceptors (Lipinski definition) is 3. The Morgan fingerprint density at radius 1 is 0.944 bits per heavy atom. The summed E-state index contributed by atoms with van der Waals surface area (Å²) >= 11 is 0. The first kappa shape index (κ1) is 25.1. The Morgan fingerprint density at radius 3 is 2.11 bits per heavy atom. The average Bonchev–Trinajstić information content (AvgIpc) is 3.19. The number of pyridine rings is 1. The minimum Gasteiger partial charge on any atom is -0.491 e. The smallest absolute Gasteiger partial charge is 0.419 e. The van der Waals surface area contributed by atoms with Gasteiger partial charge in [-0.2, -0.15) is 26.3 Å². The number of aromatic amines is 1. The number of benzene rings is 2. The zero-order valence-electron chi connectivity index (χ0n) is 18.8. The van der Waals surface area contributed by atoms with Gasteiger partial charge in [0.25, 0.3) is 0 Å². The lowest BCUT2D eigenvalue weighted by molar-refractivity contribution is -0.138. The van der Waals surface area contributed by atoms with E-state index in [1.165, 1.54) is 36.4 Å². The quantitative estimate of drug-likeness (QED) is 0.275. The van der Waals surface area contributed by atoms with Crippen LogP contribution in [0, 0.1) is 0 Å². The van der Waals surface area contributed by atoms with Crippen molar-refractivity contribution < 1.29 is 41.0 Å². The highest BCUT2D eigenvalue weighted by molar-refractivity contribution is 6.08. The van der Waals surface area contributed by atoms with Gasteiger partial charge < -0.3 is 14.8 Å². The molecule has 0 fully saturated rings. The standard InChI is InChI=1S/C25H18F6N2O3/c1-12(2)36-15-6-3-13(4-7-15)19-16(17-9-5-14(11-32-17)24(26,27)28)8-10-18-20(19)21(25(29,30)31)22(33-18)23(34)35/h3-12,33H,1-2H3,(H,34,35). The largest absolute Gasteiger partial charge is 0.491 e. The van der Waals surface area contributed by atoms with Crippen LogP contribution in [0.25, 0.3) is 33.3 Å². The van der Waals surface area contributed by atoms with Crippen molar-refractivity contribution >= 4 is 16.9 Å². The highest BCUT2D eigenvalue weighted by atomic mass is 19.4. The molecule has 0 aliphatic carbocycles. The average molecular weight is 508 g/mol. The van der Waals surface area contributed by atoms with Gasteiger partial charge in [-0.1, -0.05) is 18.2 Å². The molecule has 4 rings (SSSR count). The maximum Gasteiger partial charge on any atom is 0.419 e. The molecule has 2 heterocycles. The van der Waals surface area contributed by atoms with Gasteiger partial charge in [0.2, 0.25) is 0 Å². The Balaban J connectivity index is 2.05. The van der Waals surface area contributed by atoms with Crippen LogP contribution in [0.4, 0.5) is 26.3 Å². The number of carboxylic acid groups (broad SMARTS) is 1. The number of H-pyrrole nitrogens is 1. The van der Waals surface area contributed by atoms with Gasteiger partial charge in [-0.25, -0.2) is 4.79 Å². The minimum atomic E-state index is -5.05. The molecule has 2 aromatic carbocycles. The van der Waals surface area contributed by atoms with Crippen LogP contribution in [0.2, 0.25) is 0 Å². The third-order valence-electron chi connectivity index (χ3n) is 5.34. The fraction of sp³-hybridized carbons (Fsp3) is 0.200. The Labute approximate surface area is 200 Å². The Morgan fingerprint density at radius 2 is 1.61 bits per heavy atom. The molecule has 0 aliphatic heterocycles. The summed E-state index contributed by atoms with van der Waals surface area (Å²) in [5.74, 6) is -1.36. The molecule has 0 atom stereocenters. The number of carboxylic acids is 1. The first-order valence-electron chi connectivity index (χ1n) is 10.6. The number of nitrogens with zero attached hydrogens (tertiary/aromatic N) is 1. The molecule has 0 bridgehead atoms. The summed E-state index contributed by atoms with van der Waals surface area (Å²) in [5.41, 5.74) is -3.26. The SMILES string of the molecule is CC(C)Oc1ccc(-c2c(-c3ccc(C(F)(F)F)cn3)ccc3[nH]c(C(=O)O)c(C(F)(F)F)c23)cc1. The molecule has 2 N–H and O–H groups in total.